The number of benzene rings is 9. The summed E-state index contributed by atoms with van der Waals surface area (Å²) in [6.07, 6.45) is 0. The van der Waals surface area contributed by atoms with Crippen molar-refractivity contribution in [1.29, 1.82) is 0 Å². The molecule has 0 bridgehead atoms. The van der Waals surface area contributed by atoms with E-state index in [1.165, 1.54) is 53.2 Å². The monoisotopic (exact) mass is 719 g/mol. The van der Waals surface area contributed by atoms with Gasteiger partial charge >= 0.3 is 0 Å². The van der Waals surface area contributed by atoms with Crippen LogP contribution in [0.25, 0.3) is 86.3 Å². The Labute approximate surface area is 322 Å². The molecule has 9 aromatic carbocycles. The van der Waals surface area contributed by atoms with Gasteiger partial charge in [-0.1, -0.05) is 146 Å². The number of thiophene rings is 1. The number of furan rings is 1. The highest BCUT2D eigenvalue weighted by molar-refractivity contribution is 7.25. The Morgan fingerprint density at radius 2 is 0.964 bits per heavy atom. The zero-order valence-electron chi connectivity index (χ0n) is 29.8. The Morgan fingerprint density at radius 1 is 0.345 bits per heavy atom. The number of nitrogens with zero attached hydrogens (tertiary/aromatic N) is 1. The lowest BCUT2D eigenvalue weighted by molar-refractivity contribution is 0.669. The molecule has 2 aromatic heterocycles. The highest BCUT2D eigenvalue weighted by atomic mass is 32.1. The molecule has 0 radical (unpaired) electrons. The third-order valence-electron chi connectivity index (χ3n) is 10.9. The number of hydrogen-bond donors (Lipinski definition) is 0. The summed E-state index contributed by atoms with van der Waals surface area (Å²) < 4.78 is 9.07. The third kappa shape index (κ3) is 5.32. The van der Waals surface area contributed by atoms with Crippen LogP contribution >= 0.6 is 11.3 Å². The molecule has 0 spiro atoms. The summed E-state index contributed by atoms with van der Waals surface area (Å²) in [4.78, 5) is 2.39. The summed E-state index contributed by atoms with van der Waals surface area (Å²) in [5.74, 6) is 0. The minimum Gasteiger partial charge on any atom is -0.456 e. The first-order valence-electron chi connectivity index (χ1n) is 18.7. The fourth-order valence-corrected chi connectivity index (χ4v) is 9.47. The molecule has 0 unspecified atom stereocenters. The average Bonchev–Trinajstić information content (AvgIpc) is 3.81. The molecule has 2 nitrogen and oxygen atoms in total. The fourth-order valence-electron chi connectivity index (χ4n) is 8.33. The van der Waals surface area contributed by atoms with Gasteiger partial charge in [0.1, 0.15) is 11.2 Å². The Hall–Kier alpha value is -6.94. The van der Waals surface area contributed by atoms with Crippen molar-refractivity contribution in [1.82, 2.24) is 0 Å². The normalized spacial score (nSPS) is 11.6. The predicted octanol–water partition coefficient (Wildman–Crippen LogP) is 15.6. The third-order valence-corrected chi connectivity index (χ3v) is 12.0. The van der Waals surface area contributed by atoms with Crippen LogP contribution in [-0.4, -0.2) is 0 Å². The lowest BCUT2D eigenvalue weighted by Gasteiger charge is -2.28. The van der Waals surface area contributed by atoms with Gasteiger partial charge in [-0.05, 0) is 87.1 Å². The quantitative estimate of drug-likeness (QED) is 0.170. The molecule has 2 heterocycles. The van der Waals surface area contributed by atoms with Crippen LogP contribution in [0.5, 0.6) is 0 Å². The van der Waals surface area contributed by atoms with Crippen molar-refractivity contribution < 1.29 is 4.42 Å². The van der Waals surface area contributed by atoms with Crippen LogP contribution in [0.15, 0.2) is 205 Å². The number of para-hydroxylation sites is 2. The van der Waals surface area contributed by atoms with Gasteiger partial charge in [-0.25, -0.2) is 0 Å². The maximum absolute atomic E-state index is 6.47. The summed E-state index contributed by atoms with van der Waals surface area (Å²) in [6, 6.07) is 72.3. The van der Waals surface area contributed by atoms with Gasteiger partial charge in [0.25, 0.3) is 0 Å². The first-order valence-corrected chi connectivity index (χ1v) is 19.5. The van der Waals surface area contributed by atoms with E-state index in [2.05, 4.69) is 193 Å². The molecule has 0 saturated carbocycles. The number of fused-ring (bicyclic) bond motifs is 7. The van der Waals surface area contributed by atoms with Gasteiger partial charge < -0.3 is 9.32 Å². The molecule has 258 valence electrons. The van der Waals surface area contributed by atoms with Gasteiger partial charge in [0.2, 0.25) is 0 Å². The van der Waals surface area contributed by atoms with Crippen LogP contribution in [0, 0.1) is 0 Å². The predicted molar refractivity (Wildman–Crippen MR) is 235 cm³/mol. The average molecular weight is 720 g/mol. The second-order valence-corrected chi connectivity index (χ2v) is 15.1. The topological polar surface area (TPSA) is 16.4 Å². The zero-order chi connectivity index (χ0) is 36.3. The molecular weight excluding hydrogens is 687 g/mol. The van der Waals surface area contributed by atoms with Crippen molar-refractivity contribution in [2.45, 2.75) is 0 Å². The first-order chi connectivity index (χ1) is 27.3. The molecule has 11 rings (SSSR count). The molecule has 11 aromatic rings. The van der Waals surface area contributed by atoms with Crippen LogP contribution < -0.4 is 4.90 Å². The number of rotatable bonds is 6. The van der Waals surface area contributed by atoms with Crippen molar-refractivity contribution in [3.63, 3.8) is 0 Å². The van der Waals surface area contributed by atoms with Crippen molar-refractivity contribution in [3.05, 3.63) is 200 Å². The van der Waals surface area contributed by atoms with E-state index in [9.17, 15) is 0 Å². The van der Waals surface area contributed by atoms with Gasteiger partial charge in [0.15, 0.2) is 0 Å². The van der Waals surface area contributed by atoms with Crippen molar-refractivity contribution in [2.75, 3.05) is 4.90 Å². The zero-order valence-corrected chi connectivity index (χ0v) is 30.6. The highest BCUT2D eigenvalue weighted by Crippen LogP contribution is 2.46. The number of anilines is 3. The van der Waals surface area contributed by atoms with Crippen molar-refractivity contribution >= 4 is 81.3 Å². The molecule has 0 N–H and O–H groups in total. The summed E-state index contributed by atoms with van der Waals surface area (Å²) in [5, 5.41) is 7.33. The van der Waals surface area contributed by atoms with E-state index in [0.717, 1.165) is 50.1 Å². The summed E-state index contributed by atoms with van der Waals surface area (Å²) in [6.45, 7) is 0. The van der Waals surface area contributed by atoms with Crippen LogP contribution in [0.3, 0.4) is 0 Å². The van der Waals surface area contributed by atoms with Crippen LogP contribution in [-0.2, 0) is 0 Å². The maximum Gasteiger partial charge on any atom is 0.137 e. The molecule has 0 fully saturated rings. The SMILES string of the molecule is c1cc(-c2ccccc2-c2cccc3ccccc23)cc(N(c2ccc3c(c2)oc2ccccc23)c2ccccc2-c2ccc3c(c2)sc2ccccc23)c1. The molecule has 0 aliphatic carbocycles. The maximum atomic E-state index is 6.47. The van der Waals surface area contributed by atoms with Gasteiger partial charge in [0.05, 0.1) is 5.69 Å². The minimum atomic E-state index is 0.866. The fraction of sp³-hybridized carbons (Fsp3) is 0. The van der Waals surface area contributed by atoms with E-state index in [1.807, 2.05) is 23.5 Å². The van der Waals surface area contributed by atoms with Gasteiger partial charge in [-0.2, -0.15) is 0 Å². The Bertz CT molecular complexity index is 3240. The van der Waals surface area contributed by atoms with E-state index in [1.54, 1.807) is 0 Å². The largest absolute Gasteiger partial charge is 0.456 e. The molecule has 0 atom stereocenters. The van der Waals surface area contributed by atoms with E-state index in [-0.39, 0.29) is 0 Å². The standard InChI is InChI=1S/C52H33NOS/c1-2-17-39-34(13-1)14-12-23-43(39)42-20-4-3-18-40(42)35-15-11-16-37(31-35)53(38-28-30-45-44-21-6-9-25-49(44)54-50(45)33-38)48-24-8-5-19-41(48)36-27-29-47-46-22-7-10-26-51(46)55-52(47)32-36/h1-33H. The van der Waals surface area contributed by atoms with Crippen LogP contribution in [0.4, 0.5) is 17.1 Å². The minimum absolute atomic E-state index is 0.866. The van der Waals surface area contributed by atoms with Crippen LogP contribution in [0.1, 0.15) is 0 Å². The lowest BCUT2D eigenvalue weighted by atomic mass is 9.91. The molecule has 0 saturated heterocycles. The van der Waals surface area contributed by atoms with E-state index in [4.69, 9.17) is 4.42 Å². The molecule has 3 heteroatoms. The van der Waals surface area contributed by atoms with Crippen LogP contribution in [0.2, 0.25) is 0 Å². The van der Waals surface area contributed by atoms with Crippen molar-refractivity contribution in [2.24, 2.45) is 0 Å². The van der Waals surface area contributed by atoms with E-state index >= 15 is 0 Å². The smallest absolute Gasteiger partial charge is 0.137 e. The molecule has 0 aliphatic rings. The lowest BCUT2D eigenvalue weighted by Crippen LogP contribution is -2.11. The molecule has 0 amide bonds. The Kier molecular flexibility index (Phi) is 7.39. The van der Waals surface area contributed by atoms with Gasteiger partial charge in [-0.3, -0.25) is 0 Å². The summed E-state index contributed by atoms with van der Waals surface area (Å²) >= 11 is 1.85. The number of hydrogen-bond acceptors (Lipinski definition) is 3. The Morgan fingerprint density at radius 3 is 1.89 bits per heavy atom. The molecule has 0 aliphatic heterocycles. The summed E-state index contributed by atoms with van der Waals surface area (Å²) in [7, 11) is 0. The molecular formula is C52H33NOS. The van der Waals surface area contributed by atoms with Crippen molar-refractivity contribution in [3.8, 4) is 33.4 Å². The first kappa shape index (κ1) is 31.6. The second-order valence-electron chi connectivity index (χ2n) is 14.1. The van der Waals surface area contributed by atoms with Gasteiger partial charge in [0, 0.05) is 53.9 Å². The van der Waals surface area contributed by atoms with E-state index in [0.29, 0.717) is 0 Å². The van der Waals surface area contributed by atoms with Gasteiger partial charge in [-0.15, -0.1) is 11.3 Å². The highest BCUT2D eigenvalue weighted by Gasteiger charge is 2.21. The van der Waals surface area contributed by atoms with E-state index < -0.39 is 0 Å². The molecule has 55 heavy (non-hydrogen) atoms. The Balaban J connectivity index is 1.11. The summed E-state index contributed by atoms with van der Waals surface area (Å²) in [5.41, 5.74) is 12.1. The second kappa shape index (κ2) is 12.9.